The Kier molecular flexibility index (Phi) is 6.16. The molecule has 0 fully saturated rings. The van der Waals surface area contributed by atoms with Gasteiger partial charge in [-0.05, 0) is 11.8 Å². The zero-order valence-corrected chi connectivity index (χ0v) is 12.8. The molecule has 0 aromatic carbocycles. The molecule has 0 aromatic heterocycles. The SMILES string of the molecule is CCC(C)C(C(=O)O)C(C(=O)O)(C(C)CC)S(=O)(=O)O. The zero-order chi connectivity index (χ0) is 16.3. The molecule has 0 heterocycles. The van der Waals surface area contributed by atoms with Gasteiger partial charge in [0.1, 0.15) is 0 Å². The van der Waals surface area contributed by atoms with E-state index in [1.807, 2.05) is 0 Å². The fraction of sp³-hybridized carbons (Fsp3) is 0.833. The highest BCUT2D eigenvalue weighted by molar-refractivity contribution is 7.88. The largest absolute Gasteiger partial charge is 0.481 e. The minimum Gasteiger partial charge on any atom is -0.481 e. The van der Waals surface area contributed by atoms with Gasteiger partial charge < -0.3 is 10.2 Å². The van der Waals surface area contributed by atoms with Crippen molar-refractivity contribution in [2.75, 3.05) is 0 Å². The van der Waals surface area contributed by atoms with Crippen molar-refractivity contribution in [2.45, 2.75) is 45.3 Å². The van der Waals surface area contributed by atoms with E-state index in [0.717, 1.165) is 0 Å². The monoisotopic (exact) mass is 310 g/mol. The molecule has 0 aromatic rings. The van der Waals surface area contributed by atoms with Crippen molar-refractivity contribution in [2.24, 2.45) is 17.8 Å². The number of carboxylic acid groups (broad SMARTS) is 2. The van der Waals surface area contributed by atoms with Crippen LogP contribution in [-0.2, 0) is 19.7 Å². The molecule has 0 saturated heterocycles. The number of hydrogen-bond donors (Lipinski definition) is 3. The maximum atomic E-state index is 11.8. The Balaban J connectivity index is 6.50. The number of rotatable bonds is 8. The van der Waals surface area contributed by atoms with Crippen LogP contribution in [0.5, 0.6) is 0 Å². The second-order valence-corrected chi connectivity index (χ2v) is 6.71. The van der Waals surface area contributed by atoms with Crippen LogP contribution in [0.3, 0.4) is 0 Å². The number of aliphatic carboxylic acids is 2. The van der Waals surface area contributed by atoms with Gasteiger partial charge in [0, 0.05) is 0 Å². The summed E-state index contributed by atoms with van der Waals surface area (Å²) in [6.45, 7) is 5.96. The summed E-state index contributed by atoms with van der Waals surface area (Å²) >= 11 is 0. The second-order valence-electron chi connectivity index (χ2n) is 5.08. The van der Waals surface area contributed by atoms with Gasteiger partial charge in [0.2, 0.25) is 4.75 Å². The first kappa shape index (κ1) is 18.9. The summed E-state index contributed by atoms with van der Waals surface area (Å²) in [6, 6.07) is 0. The molecule has 118 valence electrons. The molecule has 0 spiro atoms. The van der Waals surface area contributed by atoms with Crippen molar-refractivity contribution in [3.8, 4) is 0 Å². The predicted molar refractivity (Wildman–Crippen MR) is 72.0 cm³/mol. The maximum Gasteiger partial charge on any atom is 0.328 e. The summed E-state index contributed by atoms with van der Waals surface area (Å²) in [6.07, 6.45) is 0.379. The van der Waals surface area contributed by atoms with Gasteiger partial charge in [0.25, 0.3) is 10.1 Å². The first-order chi connectivity index (χ1) is 8.98. The first-order valence-corrected chi connectivity index (χ1v) is 7.85. The van der Waals surface area contributed by atoms with Crippen LogP contribution in [-0.4, -0.2) is 39.9 Å². The molecule has 4 atom stereocenters. The van der Waals surface area contributed by atoms with E-state index in [0.29, 0.717) is 0 Å². The van der Waals surface area contributed by atoms with Gasteiger partial charge >= 0.3 is 11.9 Å². The summed E-state index contributed by atoms with van der Waals surface area (Å²) in [7, 11) is -5.12. The lowest BCUT2D eigenvalue weighted by atomic mass is 9.73. The first-order valence-electron chi connectivity index (χ1n) is 6.41. The lowest BCUT2D eigenvalue weighted by molar-refractivity contribution is -0.156. The Morgan fingerprint density at radius 3 is 1.75 bits per heavy atom. The molecule has 0 amide bonds. The quantitative estimate of drug-likeness (QED) is 0.579. The van der Waals surface area contributed by atoms with Gasteiger partial charge in [-0.15, -0.1) is 0 Å². The third-order valence-corrected chi connectivity index (χ3v) is 5.73. The molecular formula is C12H22O7S. The average molecular weight is 310 g/mol. The van der Waals surface area contributed by atoms with Gasteiger partial charge in [-0.25, -0.2) is 0 Å². The highest BCUT2D eigenvalue weighted by atomic mass is 32.2. The van der Waals surface area contributed by atoms with E-state index in [4.69, 9.17) is 0 Å². The molecule has 0 aliphatic carbocycles. The molecule has 3 N–H and O–H groups in total. The van der Waals surface area contributed by atoms with Crippen LogP contribution in [0.4, 0.5) is 0 Å². The number of hydrogen-bond acceptors (Lipinski definition) is 4. The third-order valence-electron chi connectivity index (χ3n) is 4.05. The van der Waals surface area contributed by atoms with Crippen LogP contribution in [0.15, 0.2) is 0 Å². The zero-order valence-electron chi connectivity index (χ0n) is 12.0. The van der Waals surface area contributed by atoms with E-state index < -0.39 is 44.6 Å². The average Bonchev–Trinajstić information content (AvgIpc) is 2.31. The van der Waals surface area contributed by atoms with Gasteiger partial charge in [-0.2, -0.15) is 8.42 Å². The lowest BCUT2D eigenvalue weighted by Gasteiger charge is -2.38. The fourth-order valence-corrected chi connectivity index (χ4v) is 4.11. The molecule has 4 unspecified atom stereocenters. The van der Waals surface area contributed by atoms with E-state index >= 15 is 0 Å². The van der Waals surface area contributed by atoms with Gasteiger partial charge in [-0.1, -0.05) is 40.5 Å². The topological polar surface area (TPSA) is 129 Å². The molecule has 0 rings (SSSR count). The molecule has 0 radical (unpaired) electrons. The van der Waals surface area contributed by atoms with Crippen molar-refractivity contribution in [3.05, 3.63) is 0 Å². The second kappa shape index (κ2) is 6.53. The molecule has 0 bridgehead atoms. The van der Waals surface area contributed by atoms with Crippen molar-refractivity contribution in [3.63, 3.8) is 0 Å². The van der Waals surface area contributed by atoms with Gasteiger partial charge in [0.05, 0.1) is 5.92 Å². The highest BCUT2D eigenvalue weighted by Crippen LogP contribution is 2.41. The van der Waals surface area contributed by atoms with Crippen molar-refractivity contribution in [1.82, 2.24) is 0 Å². The fourth-order valence-electron chi connectivity index (χ4n) is 2.56. The Morgan fingerprint density at radius 1 is 1.10 bits per heavy atom. The molecule has 20 heavy (non-hydrogen) atoms. The van der Waals surface area contributed by atoms with E-state index in [1.165, 1.54) is 13.8 Å². The summed E-state index contributed by atoms with van der Waals surface area (Å²) in [5.74, 6) is -6.87. The van der Waals surface area contributed by atoms with Crippen LogP contribution in [0.1, 0.15) is 40.5 Å². The Labute approximate surface area is 118 Å². The molecule has 8 heteroatoms. The van der Waals surface area contributed by atoms with Crippen LogP contribution in [0.2, 0.25) is 0 Å². The molecule has 0 aliphatic rings. The van der Waals surface area contributed by atoms with E-state index in [1.54, 1.807) is 13.8 Å². The summed E-state index contributed by atoms with van der Waals surface area (Å²) in [5.41, 5.74) is 0. The summed E-state index contributed by atoms with van der Waals surface area (Å²) in [5, 5.41) is 18.8. The third kappa shape index (κ3) is 2.95. The van der Waals surface area contributed by atoms with Gasteiger partial charge in [0.15, 0.2) is 0 Å². The summed E-state index contributed by atoms with van der Waals surface area (Å²) in [4.78, 5) is 23.1. The van der Waals surface area contributed by atoms with Crippen molar-refractivity contribution < 1.29 is 32.8 Å². The van der Waals surface area contributed by atoms with Crippen LogP contribution < -0.4 is 0 Å². The van der Waals surface area contributed by atoms with Crippen LogP contribution in [0, 0.1) is 17.8 Å². The standard InChI is InChI=1S/C12H22O7S/c1-5-7(3)9(10(13)14)12(11(15)16,8(4)6-2)20(17,18)19/h7-9H,5-6H2,1-4H3,(H,13,14)(H,15,16)(H,17,18,19). The Bertz CT molecular complexity index is 470. The smallest absolute Gasteiger partial charge is 0.328 e. The molecule has 7 nitrogen and oxygen atoms in total. The van der Waals surface area contributed by atoms with Crippen LogP contribution in [0.25, 0.3) is 0 Å². The lowest BCUT2D eigenvalue weighted by Crippen LogP contribution is -2.60. The molecule has 0 aliphatic heterocycles. The summed E-state index contributed by atoms with van der Waals surface area (Å²) < 4.78 is 30.3. The van der Waals surface area contributed by atoms with Crippen LogP contribution >= 0.6 is 0 Å². The van der Waals surface area contributed by atoms with Crippen molar-refractivity contribution in [1.29, 1.82) is 0 Å². The van der Waals surface area contributed by atoms with Gasteiger partial charge in [-0.3, -0.25) is 14.1 Å². The van der Waals surface area contributed by atoms with E-state index in [-0.39, 0.29) is 12.8 Å². The normalized spacial score (nSPS) is 19.6. The minimum atomic E-state index is -5.12. The minimum absolute atomic E-state index is 0.103. The highest BCUT2D eigenvalue weighted by Gasteiger charge is 2.63. The Hall–Kier alpha value is -1.15. The number of carboxylic acids is 2. The maximum absolute atomic E-state index is 11.8. The molecule has 0 saturated carbocycles. The number of carbonyl (C=O) groups is 2. The molecular weight excluding hydrogens is 288 g/mol. The predicted octanol–water partition coefficient (Wildman–Crippen LogP) is 1.49. The van der Waals surface area contributed by atoms with E-state index in [9.17, 15) is 32.8 Å². The van der Waals surface area contributed by atoms with E-state index in [2.05, 4.69) is 0 Å². The van der Waals surface area contributed by atoms with Crippen molar-refractivity contribution >= 4 is 22.1 Å². The Morgan fingerprint density at radius 2 is 1.55 bits per heavy atom.